The van der Waals surface area contributed by atoms with Gasteiger partial charge < -0.3 is 15.8 Å². The van der Waals surface area contributed by atoms with E-state index in [0.717, 1.165) is 32.2 Å². The van der Waals surface area contributed by atoms with Crippen molar-refractivity contribution in [2.24, 2.45) is 22.2 Å². The summed E-state index contributed by atoms with van der Waals surface area (Å²) >= 11 is 0. The molecule has 0 spiro atoms. The van der Waals surface area contributed by atoms with E-state index in [1.165, 1.54) is 0 Å². The van der Waals surface area contributed by atoms with Gasteiger partial charge in [0.25, 0.3) is 0 Å². The molecule has 1 fully saturated rings. The lowest BCUT2D eigenvalue weighted by Gasteiger charge is -2.34. The highest BCUT2D eigenvalue weighted by Gasteiger charge is 2.47. The van der Waals surface area contributed by atoms with Crippen LogP contribution in [0.4, 0.5) is 0 Å². The molecule has 5 nitrogen and oxygen atoms in total. The molecule has 1 rings (SSSR count). The molecule has 0 saturated heterocycles. The summed E-state index contributed by atoms with van der Waals surface area (Å²) in [5.74, 6) is 0.646. The molecule has 116 valence electrons. The lowest BCUT2D eigenvalue weighted by atomic mass is 9.82. The molecule has 0 bridgehead atoms. The average molecular weight is 283 g/mol. The second kappa shape index (κ2) is 7.50. The molecule has 1 saturated carbocycles. The summed E-state index contributed by atoms with van der Waals surface area (Å²) in [7, 11) is 0. The zero-order valence-electron chi connectivity index (χ0n) is 13.1. The summed E-state index contributed by atoms with van der Waals surface area (Å²) < 4.78 is 0. The van der Waals surface area contributed by atoms with Gasteiger partial charge in [0.1, 0.15) is 5.41 Å². The van der Waals surface area contributed by atoms with E-state index in [2.05, 4.69) is 19.0 Å². The van der Waals surface area contributed by atoms with Crippen LogP contribution in [0.5, 0.6) is 0 Å². The third-order valence-corrected chi connectivity index (χ3v) is 4.77. The fourth-order valence-electron chi connectivity index (χ4n) is 3.17. The zero-order valence-corrected chi connectivity index (χ0v) is 13.1. The molecule has 0 aliphatic heterocycles. The number of nitrogens with two attached hydrogens (primary N) is 1. The fraction of sp³-hybridized carbons (Fsp3) is 0.867. The molecule has 0 radical (unpaired) electrons. The van der Waals surface area contributed by atoms with Crippen LogP contribution >= 0.6 is 0 Å². The molecule has 1 amide bonds. The Kier molecular flexibility index (Phi) is 6.30. The number of carbonyl (C=O) groups is 1. The Balaban J connectivity index is 2.92. The van der Waals surface area contributed by atoms with Gasteiger partial charge in [0, 0.05) is 13.1 Å². The van der Waals surface area contributed by atoms with Crippen LogP contribution in [0.2, 0.25) is 0 Å². The van der Waals surface area contributed by atoms with Crippen LogP contribution in [0.25, 0.3) is 0 Å². The Morgan fingerprint density at radius 3 is 2.25 bits per heavy atom. The lowest BCUT2D eigenvalue weighted by molar-refractivity contribution is -0.138. The quantitative estimate of drug-likeness (QED) is 0.326. The minimum atomic E-state index is -0.767. The van der Waals surface area contributed by atoms with Crippen molar-refractivity contribution in [2.75, 3.05) is 13.1 Å². The minimum Gasteiger partial charge on any atom is -0.409 e. The number of nitrogens with zero attached hydrogens (tertiary/aromatic N) is 2. The van der Waals surface area contributed by atoms with Crippen LogP contribution in [0.1, 0.15) is 59.3 Å². The number of amides is 1. The van der Waals surface area contributed by atoms with E-state index < -0.39 is 5.41 Å². The van der Waals surface area contributed by atoms with Crippen LogP contribution in [-0.2, 0) is 4.79 Å². The van der Waals surface area contributed by atoms with Crippen molar-refractivity contribution >= 4 is 11.7 Å². The molecule has 0 aromatic rings. The van der Waals surface area contributed by atoms with Crippen molar-refractivity contribution in [1.82, 2.24) is 4.90 Å². The van der Waals surface area contributed by atoms with Gasteiger partial charge in [-0.25, -0.2) is 0 Å². The van der Waals surface area contributed by atoms with Gasteiger partial charge in [0.15, 0.2) is 5.84 Å². The maximum absolute atomic E-state index is 12.9. The molecule has 1 aliphatic carbocycles. The van der Waals surface area contributed by atoms with Crippen molar-refractivity contribution in [1.29, 1.82) is 0 Å². The highest BCUT2D eigenvalue weighted by atomic mass is 16.4. The van der Waals surface area contributed by atoms with Crippen LogP contribution in [0, 0.1) is 11.3 Å². The predicted octanol–water partition coefficient (Wildman–Crippen LogP) is 2.58. The maximum Gasteiger partial charge on any atom is 0.236 e. The number of amidine groups is 1. The van der Waals surface area contributed by atoms with Gasteiger partial charge in [-0.2, -0.15) is 0 Å². The first-order valence-electron chi connectivity index (χ1n) is 7.83. The van der Waals surface area contributed by atoms with Crippen LogP contribution in [0.15, 0.2) is 5.16 Å². The standard InChI is InChI=1S/C15H29N3O2/c1-4-12(5-2)11-18(6-3)14(19)15(13(16)17-20)9-7-8-10-15/h12,20H,4-11H2,1-3H3,(H2,16,17). The second-order valence-electron chi connectivity index (χ2n) is 5.80. The first-order chi connectivity index (χ1) is 9.55. The molecule has 0 unspecified atom stereocenters. The van der Waals surface area contributed by atoms with Gasteiger partial charge in [-0.3, -0.25) is 4.79 Å². The third kappa shape index (κ3) is 3.25. The number of rotatable bonds is 7. The zero-order chi connectivity index (χ0) is 15.2. The summed E-state index contributed by atoms with van der Waals surface area (Å²) in [6.07, 6.45) is 5.45. The van der Waals surface area contributed by atoms with Crippen molar-refractivity contribution < 1.29 is 10.0 Å². The van der Waals surface area contributed by atoms with Crippen LogP contribution in [-0.4, -0.2) is 34.9 Å². The van der Waals surface area contributed by atoms with Gasteiger partial charge in [-0.05, 0) is 25.7 Å². The van der Waals surface area contributed by atoms with Crippen molar-refractivity contribution in [3.63, 3.8) is 0 Å². The van der Waals surface area contributed by atoms with Gasteiger partial charge in [0.05, 0.1) is 0 Å². The maximum atomic E-state index is 12.9. The Labute approximate surface area is 122 Å². The molecular formula is C15H29N3O2. The predicted molar refractivity (Wildman–Crippen MR) is 80.6 cm³/mol. The molecule has 1 aliphatic rings. The topological polar surface area (TPSA) is 78.9 Å². The molecule has 0 heterocycles. The lowest BCUT2D eigenvalue weighted by Crippen LogP contribution is -2.51. The number of carbonyl (C=O) groups excluding carboxylic acids is 1. The summed E-state index contributed by atoms with van der Waals surface area (Å²) in [4.78, 5) is 14.8. The molecule has 20 heavy (non-hydrogen) atoms. The molecule has 5 heteroatoms. The Hall–Kier alpha value is -1.26. The molecule has 3 N–H and O–H groups in total. The van der Waals surface area contributed by atoms with Crippen LogP contribution < -0.4 is 5.73 Å². The Morgan fingerprint density at radius 2 is 1.85 bits per heavy atom. The van der Waals surface area contributed by atoms with Gasteiger partial charge in [-0.1, -0.05) is 44.7 Å². The molecular weight excluding hydrogens is 254 g/mol. The second-order valence-corrected chi connectivity index (χ2v) is 5.80. The van der Waals surface area contributed by atoms with Crippen molar-refractivity contribution in [3.8, 4) is 0 Å². The SMILES string of the molecule is CCC(CC)CN(CC)C(=O)C1(C(N)=NO)CCCC1. The Bertz CT molecular complexity index is 345. The van der Waals surface area contributed by atoms with E-state index >= 15 is 0 Å². The van der Waals surface area contributed by atoms with E-state index in [1.54, 1.807) is 0 Å². The van der Waals surface area contributed by atoms with Crippen molar-refractivity contribution in [3.05, 3.63) is 0 Å². The van der Waals surface area contributed by atoms with Gasteiger partial charge >= 0.3 is 0 Å². The summed E-state index contributed by atoms with van der Waals surface area (Å²) in [6.45, 7) is 7.75. The van der Waals surface area contributed by atoms with Crippen molar-refractivity contribution in [2.45, 2.75) is 59.3 Å². The fourth-order valence-corrected chi connectivity index (χ4v) is 3.17. The summed E-state index contributed by atoms with van der Waals surface area (Å²) in [5.41, 5.74) is 5.09. The largest absolute Gasteiger partial charge is 0.409 e. The first-order valence-corrected chi connectivity index (χ1v) is 7.83. The number of oxime groups is 1. The third-order valence-electron chi connectivity index (χ3n) is 4.77. The smallest absolute Gasteiger partial charge is 0.236 e. The van der Waals surface area contributed by atoms with Gasteiger partial charge in [-0.15, -0.1) is 0 Å². The van der Waals surface area contributed by atoms with E-state index in [4.69, 9.17) is 10.9 Å². The average Bonchev–Trinajstić information content (AvgIpc) is 2.98. The minimum absolute atomic E-state index is 0.0414. The highest BCUT2D eigenvalue weighted by Crippen LogP contribution is 2.40. The molecule has 0 aromatic carbocycles. The monoisotopic (exact) mass is 283 g/mol. The summed E-state index contributed by atoms with van der Waals surface area (Å²) in [6, 6.07) is 0. The highest BCUT2D eigenvalue weighted by molar-refractivity contribution is 6.07. The summed E-state index contributed by atoms with van der Waals surface area (Å²) in [5, 5.41) is 12.2. The first kappa shape index (κ1) is 16.8. The van der Waals surface area contributed by atoms with E-state index in [-0.39, 0.29) is 11.7 Å². The molecule has 0 aromatic heterocycles. The van der Waals surface area contributed by atoms with E-state index in [1.807, 2.05) is 11.8 Å². The van der Waals surface area contributed by atoms with Crippen LogP contribution in [0.3, 0.4) is 0 Å². The van der Waals surface area contributed by atoms with E-state index in [0.29, 0.717) is 25.3 Å². The molecule has 0 atom stereocenters. The number of hydrogen-bond acceptors (Lipinski definition) is 3. The normalized spacial score (nSPS) is 18.5. The van der Waals surface area contributed by atoms with Gasteiger partial charge in [0.2, 0.25) is 5.91 Å². The van der Waals surface area contributed by atoms with E-state index in [9.17, 15) is 4.79 Å². The number of hydrogen-bond donors (Lipinski definition) is 2. The Morgan fingerprint density at radius 1 is 1.30 bits per heavy atom.